The third kappa shape index (κ3) is 2.23. The SMILES string of the molecule is COc1ccc(-c2ccc(C3(C(=O)O)CC3)cc2)c(N)c1. The molecule has 0 aliphatic heterocycles. The zero-order chi connectivity index (χ0) is 15.0. The predicted molar refractivity (Wildman–Crippen MR) is 81.4 cm³/mol. The molecule has 2 aromatic rings. The maximum absolute atomic E-state index is 11.3. The van der Waals surface area contributed by atoms with Crippen molar-refractivity contribution in [3.63, 3.8) is 0 Å². The summed E-state index contributed by atoms with van der Waals surface area (Å²) in [7, 11) is 1.60. The van der Waals surface area contributed by atoms with Gasteiger partial charge in [-0.15, -0.1) is 0 Å². The number of anilines is 1. The van der Waals surface area contributed by atoms with Gasteiger partial charge in [0.25, 0.3) is 0 Å². The number of nitrogens with two attached hydrogens (primary N) is 1. The van der Waals surface area contributed by atoms with Gasteiger partial charge in [0.15, 0.2) is 0 Å². The van der Waals surface area contributed by atoms with Gasteiger partial charge in [-0.3, -0.25) is 4.79 Å². The van der Waals surface area contributed by atoms with E-state index >= 15 is 0 Å². The van der Waals surface area contributed by atoms with Gasteiger partial charge in [-0.1, -0.05) is 24.3 Å². The fourth-order valence-electron chi connectivity index (χ4n) is 2.65. The molecule has 1 fully saturated rings. The Kier molecular flexibility index (Phi) is 3.09. The lowest BCUT2D eigenvalue weighted by Gasteiger charge is -2.12. The molecule has 1 aliphatic rings. The minimum absolute atomic E-state index is 0.640. The Morgan fingerprint density at radius 1 is 1.19 bits per heavy atom. The first-order valence-corrected chi connectivity index (χ1v) is 6.85. The number of ether oxygens (including phenoxy) is 1. The normalized spacial score (nSPS) is 15.5. The first kappa shape index (κ1) is 13.5. The number of hydrogen-bond acceptors (Lipinski definition) is 3. The van der Waals surface area contributed by atoms with E-state index in [2.05, 4.69) is 0 Å². The molecule has 108 valence electrons. The third-order valence-electron chi connectivity index (χ3n) is 4.17. The van der Waals surface area contributed by atoms with Crippen molar-refractivity contribution in [2.45, 2.75) is 18.3 Å². The topological polar surface area (TPSA) is 72.5 Å². The van der Waals surface area contributed by atoms with E-state index in [-0.39, 0.29) is 0 Å². The molecule has 0 spiro atoms. The van der Waals surface area contributed by atoms with Crippen LogP contribution >= 0.6 is 0 Å². The van der Waals surface area contributed by atoms with Crippen molar-refractivity contribution in [3.05, 3.63) is 48.0 Å². The summed E-state index contributed by atoms with van der Waals surface area (Å²) in [5.74, 6) is -0.0186. The number of benzene rings is 2. The Labute approximate surface area is 123 Å². The summed E-state index contributed by atoms with van der Waals surface area (Å²) < 4.78 is 5.14. The van der Waals surface area contributed by atoms with Crippen LogP contribution in [0.3, 0.4) is 0 Å². The summed E-state index contributed by atoms with van der Waals surface area (Å²) in [6.45, 7) is 0. The van der Waals surface area contributed by atoms with Crippen molar-refractivity contribution >= 4 is 11.7 Å². The lowest BCUT2D eigenvalue weighted by atomic mass is 9.93. The molecule has 4 nitrogen and oxygen atoms in total. The molecular weight excluding hydrogens is 266 g/mol. The number of nitrogen functional groups attached to an aromatic ring is 1. The highest BCUT2D eigenvalue weighted by Gasteiger charge is 2.51. The minimum Gasteiger partial charge on any atom is -0.497 e. The van der Waals surface area contributed by atoms with E-state index in [4.69, 9.17) is 10.5 Å². The smallest absolute Gasteiger partial charge is 0.314 e. The molecule has 0 unspecified atom stereocenters. The molecular formula is C17H17NO3. The lowest BCUT2D eigenvalue weighted by Crippen LogP contribution is -2.19. The van der Waals surface area contributed by atoms with Crippen LogP contribution in [0.15, 0.2) is 42.5 Å². The number of rotatable bonds is 4. The van der Waals surface area contributed by atoms with E-state index in [1.165, 1.54) is 0 Å². The van der Waals surface area contributed by atoms with Crippen LogP contribution in [0.2, 0.25) is 0 Å². The Hall–Kier alpha value is -2.49. The number of carbonyl (C=O) groups is 1. The van der Waals surface area contributed by atoms with Crippen LogP contribution in [0.25, 0.3) is 11.1 Å². The Balaban J connectivity index is 1.93. The fourth-order valence-corrected chi connectivity index (χ4v) is 2.65. The first-order chi connectivity index (χ1) is 10.1. The van der Waals surface area contributed by atoms with Gasteiger partial charge in [0.05, 0.1) is 12.5 Å². The van der Waals surface area contributed by atoms with Crippen LogP contribution in [0, 0.1) is 0 Å². The lowest BCUT2D eigenvalue weighted by molar-refractivity contribution is -0.140. The molecule has 2 aromatic carbocycles. The Bertz CT molecular complexity index is 688. The number of carboxylic acids is 1. The average molecular weight is 283 g/mol. The van der Waals surface area contributed by atoms with Crippen molar-refractivity contribution < 1.29 is 14.6 Å². The van der Waals surface area contributed by atoms with Crippen molar-refractivity contribution in [1.82, 2.24) is 0 Å². The molecule has 4 heteroatoms. The van der Waals surface area contributed by atoms with Crippen molar-refractivity contribution in [2.24, 2.45) is 0 Å². The van der Waals surface area contributed by atoms with E-state index in [9.17, 15) is 9.90 Å². The van der Waals surface area contributed by atoms with Crippen molar-refractivity contribution in [1.29, 1.82) is 0 Å². The van der Waals surface area contributed by atoms with Crippen LogP contribution in [0.5, 0.6) is 5.75 Å². The third-order valence-corrected chi connectivity index (χ3v) is 4.17. The van der Waals surface area contributed by atoms with Gasteiger partial charge in [0.1, 0.15) is 5.75 Å². The number of carboxylic acid groups (broad SMARTS) is 1. The molecule has 1 saturated carbocycles. The molecule has 3 rings (SSSR count). The Morgan fingerprint density at radius 3 is 2.33 bits per heavy atom. The molecule has 1 aliphatic carbocycles. The van der Waals surface area contributed by atoms with Crippen LogP contribution in [-0.4, -0.2) is 18.2 Å². The molecule has 3 N–H and O–H groups in total. The molecule has 0 heterocycles. The van der Waals surface area contributed by atoms with Gasteiger partial charge < -0.3 is 15.6 Å². The maximum Gasteiger partial charge on any atom is 0.314 e. The highest BCUT2D eigenvalue weighted by atomic mass is 16.5. The largest absolute Gasteiger partial charge is 0.497 e. The van der Waals surface area contributed by atoms with E-state index in [0.29, 0.717) is 18.5 Å². The van der Waals surface area contributed by atoms with Gasteiger partial charge in [0.2, 0.25) is 0 Å². The van der Waals surface area contributed by atoms with Gasteiger partial charge in [0, 0.05) is 17.3 Å². The van der Waals surface area contributed by atoms with Gasteiger partial charge >= 0.3 is 5.97 Å². The molecule has 0 bridgehead atoms. The van der Waals surface area contributed by atoms with Crippen molar-refractivity contribution in [2.75, 3.05) is 12.8 Å². The van der Waals surface area contributed by atoms with Crippen LogP contribution in [0.4, 0.5) is 5.69 Å². The summed E-state index contributed by atoms with van der Waals surface area (Å²) in [4.78, 5) is 11.3. The highest BCUT2D eigenvalue weighted by Crippen LogP contribution is 2.48. The number of hydrogen-bond donors (Lipinski definition) is 2. The molecule has 0 radical (unpaired) electrons. The number of methoxy groups -OCH3 is 1. The Morgan fingerprint density at radius 2 is 1.86 bits per heavy atom. The monoisotopic (exact) mass is 283 g/mol. The summed E-state index contributed by atoms with van der Waals surface area (Å²) >= 11 is 0. The second kappa shape index (κ2) is 4.81. The molecule has 0 saturated heterocycles. The number of aliphatic carboxylic acids is 1. The zero-order valence-electron chi connectivity index (χ0n) is 11.8. The van der Waals surface area contributed by atoms with Crippen LogP contribution < -0.4 is 10.5 Å². The summed E-state index contributed by atoms with van der Waals surface area (Å²) in [5, 5.41) is 9.31. The first-order valence-electron chi connectivity index (χ1n) is 6.85. The zero-order valence-corrected chi connectivity index (χ0v) is 11.8. The van der Waals surface area contributed by atoms with Crippen LogP contribution in [-0.2, 0) is 10.2 Å². The molecule has 0 amide bonds. The van der Waals surface area contributed by atoms with Gasteiger partial charge in [-0.2, -0.15) is 0 Å². The second-order valence-corrected chi connectivity index (χ2v) is 5.42. The van der Waals surface area contributed by atoms with E-state index < -0.39 is 11.4 Å². The van der Waals surface area contributed by atoms with E-state index in [0.717, 1.165) is 22.4 Å². The summed E-state index contributed by atoms with van der Waals surface area (Å²) in [6, 6.07) is 13.2. The molecule has 21 heavy (non-hydrogen) atoms. The standard InChI is InChI=1S/C17H17NO3/c1-21-13-6-7-14(15(18)10-13)11-2-4-12(5-3-11)17(8-9-17)16(19)20/h2-7,10H,8-9,18H2,1H3,(H,19,20). The predicted octanol–water partition coefficient (Wildman–Crippen LogP) is 3.06. The molecule has 0 atom stereocenters. The van der Waals surface area contributed by atoms with Crippen LogP contribution in [0.1, 0.15) is 18.4 Å². The molecule has 0 aromatic heterocycles. The summed E-state index contributed by atoms with van der Waals surface area (Å²) in [5.41, 5.74) is 8.77. The maximum atomic E-state index is 11.3. The quantitative estimate of drug-likeness (QED) is 0.846. The van der Waals surface area contributed by atoms with Gasteiger partial charge in [-0.05, 0) is 36.1 Å². The highest BCUT2D eigenvalue weighted by molar-refractivity contribution is 5.85. The average Bonchev–Trinajstić information content (AvgIpc) is 3.29. The van der Waals surface area contributed by atoms with E-state index in [1.54, 1.807) is 13.2 Å². The minimum atomic E-state index is -0.737. The second-order valence-electron chi connectivity index (χ2n) is 5.42. The van der Waals surface area contributed by atoms with E-state index in [1.807, 2.05) is 36.4 Å². The summed E-state index contributed by atoms with van der Waals surface area (Å²) in [6.07, 6.45) is 1.43. The van der Waals surface area contributed by atoms with Crippen molar-refractivity contribution in [3.8, 4) is 16.9 Å². The fraction of sp³-hybridized carbons (Fsp3) is 0.235. The van der Waals surface area contributed by atoms with Gasteiger partial charge in [-0.25, -0.2) is 0 Å².